The number of benzene rings is 2. The zero-order valence-electron chi connectivity index (χ0n) is 20.0. The molecule has 196 valence electrons. The number of aromatic amines is 1. The molecule has 5 rings (SSSR count). The summed E-state index contributed by atoms with van der Waals surface area (Å²) in [6.07, 6.45) is 0.949. The second-order valence-electron chi connectivity index (χ2n) is 8.85. The number of alkyl halides is 3. The molecular weight excluding hydrogens is 519 g/mol. The number of hydrogen-bond donors (Lipinski definition) is 1. The van der Waals surface area contributed by atoms with E-state index in [1.165, 1.54) is 24.3 Å². The minimum Gasteiger partial charge on any atom is -0.406 e. The number of aromatic nitrogens is 3. The Kier molecular flexibility index (Phi) is 7.35. The molecule has 7 nitrogen and oxygen atoms in total. The number of amides is 1. The van der Waals surface area contributed by atoms with Crippen molar-refractivity contribution < 1.29 is 22.7 Å². The average molecular weight is 542 g/mol. The number of halogens is 4. The first-order valence-electron chi connectivity index (χ1n) is 11.8. The van der Waals surface area contributed by atoms with E-state index >= 15 is 0 Å². The fourth-order valence-corrected chi connectivity index (χ4v) is 4.71. The van der Waals surface area contributed by atoms with E-state index < -0.39 is 6.36 Å². The van der Waals surface area contributed by atoms with E-state index in [4.69, 9.17) is 11.6 Å². The molecule has 38 heavy (non-hydrogen) atoms. The molecule has 0 bridgehead atoms. The Morgan fingerprint density at radius 3 is 2.50 bits per heavy atom. The number of ether oxygens (including phenoxy) is 1. The number of carbonyl (C=O) groups is 1. The van der Waals surface area contributed by atoms with Crippen LogP contribution in [-0.4, -0.2) is 51.8 Å². The number of carbonyl (C=O) groups excluding carboxylic acids is 1. The molecule has 1 fully saturated rings. The van der Waals surface area contributed by atoms with Gasteiger partial charge in [-0.2, -0.15) is 0 Å². The summed E-state index contributed by atoms with van der Waals surface area (Å²) in [6.45, 7) is 1.41. The summed E-state index contributed by atoms with van der Waals surface area (Å²) in [7, 11) is 0. The van der Waals surface area contributed by atoms with Crippen LogP contribution in [0.5, 0.6) is 5.75 Å². The lowest BCUT2D eigenvalue weighted by molar-refractivity contribution is -0.274. The van der Waals surface area contributed by atoms with Gasteiger partial charge in [0.1, 0.15) is 5.75 Å². The van der Waals surface area contributed by atoms with Crippen LogP contribution < -0.4 is 9.64 Å². The molecule has 1 atom stereocenters. The predicted octanol–water partition coefficient (Wildman–Crippen LogP) is 5.66. The van der Waals surface area contributed by atoms with Crippen molar-refractivity contribution in [1.82, 2.24) is 19.9 Å². The molecule has 1 aliphatic rings. The summed E-state index contributed by atoms with van der Waals surface area (Å²) >= 11 is 6.12. The molecular formula is C27H23ClF3N5O2. The number of nitrogens with zero attached hydrogens (tertiary/aromatic N) is 4. The van der Waals surface area contributed by atoms with E-state index in [9.17, 15) is 18.0 Å². The number of imidazole rings is 1. The molecule has 1 N–H and O–H groups in total. The standard InChI is InChI=1S/C27H23ClF3N5O2/c28-20-2-1-3-21(13-20)36-11-10-35(16-26(36)37)25(24-15-32-17-34-24)12-18-4-9-23(33-14-18)19-5-7-22(8-6-19)38-27(29,30)31/h1-9,13-15,17,25H,10-12,16H2,(H,32,34). The van der Waals surface area contributed by atoms with E-state index in [-0.39, 0.29) is 24.2 Å². The van der Waals surface area contributed by atoms with Crippen LogP contribution in [0.2, 0.25) is 5.02 Å². The molecule has 3 heterocycles. The summed E-state index contributed by atoms with van der Waals surface area (Å²) in [5.74, 6) is -0.306. The third-order valence-corrected chi connectivity index (χ3v) is 6.56. The first-order chi connectivity index (χ1) is 18.2. The normalized spacial score (nSPS) is 15.5. The average Bonchev–Trinajstić information content (AvgIpc) is 3.42. The van der Waals surface area contributed by atoms with Gasteiger partial charge in [0.05, 0.1) is 30.3 Å². The van der Waals surface area contributed by atoms with Crippen LogP contribution in [0.4, 0.5) is 18.9 Å². The first kappa shape index (κ1) is 25.7. The Balaban J connectivity index is 1.29. The molecule has 11 heteroatoms. The summed E-state index contributed by atoms with van der Waals surface area (Å²) in [6, 6.07) is 16.4. The zero-order valence-corrected chi connectivity index (χ0v) is 20.8. The van der Waals surface area contributed by atoms with Crippen LogP contribution in [0.25, 0.3) is 11.3 Å². The molecule has 1 saturated heterocycles. The highest BCUT2D eigenvalue weighted by molar-refractivity contribution is 6.30. The van der Waals surface area contributed by atoms with Gasteiger partial charge in [-0.3, -0.25) is 14.7 Å². The van der Waals surface area contributed by atoms with Crippen molar-refractivity contribution in [1.29, 1.82) is 0 Å². The third-order valence-electron chi connectivity index (χ3n) is 6.33. The molecule has 2 aromatic carbocycles. The van der Waals surface area contributed by atoms with E-state index in [0.29, 0.717) is 35.8 Å². The van der Waals surface area contributed by atoms with Crippen molar-refractivity contribution in [3.8, 4) is 17.0 Å². The van der Waals surface area contributed by atoms with Gasteiger partial charge in [0.15, 0.2) is 0 Å². The van der Waals surface area contributed by atoms with E-state index in [0.717, 1.165) is 16.9 Å². The lowest BCUT2D eigenvalue weighted by Crippen LogP contribution is -2.51. The smallest absolute Gasteiger partial charge is 0.406 e. The lowest BCUT2D eigenvalue weighted by Gasteiger charge is -2.38. The second-order valence-corrected chi connectivity index (χ2v) is 9.28. The maximum Gasteiger partial charge on any atom is 0.573 e. The molecule has 0 saturated carbocycles. The fraction of sp³-hybridized carbons (Fsp3) is 0.222. The Morgan fingerprint density at radius 1 is 1.05 bits per heavy atom. The van der Waals surface area contributed by atoms with Crippen LogP contribution in [0.3, 0.4) is 0 Å². The van der Waals surface area contributed by atoms with E-state index in [1.54, 1.807) is 35.8 Å². The van der Waals surface area contributed by atoms with Crippen molar-refractivity contribution in [2.24, 2.45) is 0 Å². The lowest BCUT2D eigenvalue weighted by atomic mass is 10.0. The minimum absolute atomic E-state index is 0.0190. The predicted molar refractivity (Wildman–Crippen MR) is 137 cm³/mol. The maximum absolute atomic E-state index is 13.1. The zero-order chi connectivity index (χ0) is 26.7. The number of hydrogen-bond acceptors (Lipinski definition) is 5. The van der Waals surface area contributed by atoms with Gasteiger partial charge in [0, 0.05) is 41.8 Å². The number of pyridine rings is 1. The van der Waals surface area contributed by atoms with Gasteiger partial charge >= 0.3 is 6.36 Å². The highest BCUT2D eigenvalue weighted by atomic mass is 35.5. The number of H-pyrrole nitrogens is 1. The van der Waals surface area contributed by atoms with Crippen LogP contribution >= 0.6 is 11.6 Å². The van der Waals surface area contributed by atoms with E-state index in [1.807, 2.05) is 24.3 Å². The number of nitrogens with one attached hydrogen (secondary N) is 1. The summed E-state index contributed by atoms with van der Waals surface area (Å²) < 4.78 is 41.2. The highest BCUT2D eigenvalue weighted by Gasteiger charge is 2.32. The molecule has 1 aliphatic heterocycles. The Hall–Kier alpha value is -3.89. The largest absolute Gasteiger partial charge is 0.573 e. The number of anilines is 1. The van der Waals surface area contributed by atoms with Gasteiger partial charge in [-0.15, -0.1) is 13.2 Å². The molecule has 1 unspecified atom stereocenters. The fourth-order valence-electron chi connectivity index (χ4n) is 4.53. The van der Waals surface area contributed by atoms with Gasteiger partial charge < -0.3 is 14.6 Å². The third kappa shape index (κ3) is 6.15. The maximum atomic E-state index is 13.1. The summed E-state index contributed by atoms with van der Waals surface area (Å²) in [5, 5.41) is 0.578. The molecule has 0 radical (unpaired) electrons. The molecule has 0 aliphatic carbocycles. The summed E-state index contributed by atoms with van der Waals surface area (Å²) in [4.78, 5) is 28.8. The second kappa shape index (κ2) is 10.8. The molecule has 4 aromatic rings. The van der Waals surface area contributed by atoms with Gasteiger partial charge in [0.25, 0.3) is 0 Å². The number of piperazine rings is 1. The quantitative estimate of drug-likeness (QED) is 0.327. The molecule has 0 spiro atoms. The van der Waals surface area contributed by atoms with Crippen molar-refractivity contribution in [3.05, 3.63) is 95.7 Å². The topological polar surface area (TPSA) is 74.4 Å². The Labute approximate surface area is 221 Å². The highest BCUT2D eigenvalue weighted by Crippen LogP contribution is 2.29. The van der Waals surface area contributed by atoms with Gasteiger partial charge in [-0.1, -0.05) is 23.7 Å². The summed E-state index contributed by atoms with van der Waals surface area (Å²) in [5.41, 5.74) is 3.89. The van der Waals surface area contributed by atoms with Crippen LogP contribution in [-0.2, 0) is 11.2 Å². The first-order valence-corrected chi connectivity index (χ1v) is 12.2. The Bertz CT molecular complexity index is 1380. The van der Waals surface area contributed by atoms with Crippen molar-refractivity contribution >= 4 is 23.2 Å². The van der Waals surface area contributed by atoms with E-state index in [2.05, 4.69) is 24.6 Å². The molecule has 2 aromatic heterocycles. The molecule has 1 amide bonds. The van der Waals surface area contributed by atoms with Crippen LogP contribution in [0.1, 0.15) is 17.3 Å². The van der Waals surface area contributed by atoms with Gasteiger partial charge in [-0.05, 0) is 60.5 Å². The minimum atomic E-state index is -4.74. The van der Waals surface area contributed by atoms with Crippen molar-refractivity contribution in [2.75, 3.05) is 24.5 Å². The van der Waals surface area contributed by atoms with Crippen LogP contribution in [0.15, 0.2) is 79.4 Å². The monoisotopic (exact) mass is 541 g/mol. The van der Waals surface area contributed by atoms with Crippen molar-refractivity contribution in [2.45, 2.75) is 18.8 Å². The number of rotatable bonds is 7. The van der Waals surface area contributed by atoms with Gasteiger partial charge in [0.2, 0.25) is 5.91 Å². The Morgan fingerprint density at radius 2 is 1.87 bits per heavy atom. The van der Waals surface area contributed by atoms with Gasteiger partial charge in [-0.25, -0.2) is 4.98 Å². The van der Waals surface area contributed by atoms with Crippen molar-refractivity contribution in [3.63, 3.8) is 0 Å². The SMILES string of the molecule is O=C1CN(C(Cc2ccc(-c3ccc(OC(F)(F)F)cc3)nc2)c2cnc[nH]2)CCN1c1cccc(Cl)c1. The van der Waals surface area contributed by atoms with Crippen LogP contribution in [0, 0.1) is 0 Å².